The van der Waals surface area contributed by atoms with Crippen molar-refractivity contribution in [3.8, 4) is 11.5 Å². The van der Waals surface area contributed by atoms with Crippen LogP contribution in [0, 0.1) is 0 Å². The predicted molar refractivity (Wildman–Crippen MR) is 83.0 cm³/mol. The van der Waals surface area contributed by atoms with Crippen LogP contribution in [0.2, 0.25) is 0 Å². The largest absolute Gasteiger partial charge is 0.493 e. The fourth-order valence-corrected chi connectivity index (χ4v) is 2.57. The molecule has 21 heavy (non-hydrogen) atoms. The van der Waals surface area contributed by atoms with Crippen LogP contribution in [0.25, 0.3) is 0 Å². The lowest BCUT2D eigenvalue weighted by molar-refractivity contribution is 0.136. The van der Waals surface area contributed by atoms with Crippen LogP contribution >= 0.6 is 0 Å². The topological polar surface area (TPSA) is 54.0 Å². The number of hydrogen-bond donors (Lipinski definition) is 2. The zero-order valence-corrected chi connectivity index (χ0v) is 13.0. The van der Waals surface area contributed by atoms with Crippen LogP contribution in [-0.2, 0) is 0 Å². The van der Waals surface area contributed by atoms with E-state index in [2.05, 4.69) is 10.2 Å². The molecule has 1 aliphatic heterocycles. The van der Waals surface area contributed by atoms with Crippen LogP contribution in [0.3, 0.4) is 0 Å². The molecule has 1 unspecified atom stereocenters. The predicted octanol–water partition coefficient (Wildman–Crippen LogP) is 1.42. The Morgan fingerprint density at radius 1 is 1.29 bits per heavy atom. The molecule has 1 aromatic carbocycles. The molecule has 5 nitrogen and oxygen atoms in total. The van der Waals surface area contributed by atoms with E-state index in [1.54, 1.807) is 7.11 Å². The second-order valence-electron chi connectivity index (χ2n) is 5.24. The average molecular weight is 294 g/mol. The van der Waals surface area contributed by atoms with E-state index in [1.165, 1.54) is 0 Å². The summed E-state index contributed by atoms with van der Waals surface area (Å²) in [7, 11) is 1.62. The molecular formula is C16H26N2O3. The highest BCUT2D eigenvalue weighted by atomic mass is 16.5. The van der Waals surface area contributed by atoms with Crippen LogP contribution < -0.4 is 14.8 Å². The first kappa shape index (κ1) is 16.1. The normalized spacial score (nSPS) is 17.5. The number of benzene rings is 1. The van der Waals surface area contributed by atoms with Gasteiger partial charge in [-0.2, -0.15) is 0 Å². The lowest BCUT2D eigenvalue weighted by Gasteiger charge is -2.28. The quantitative estimate of drug-likeness (QED) is 0.796. The Morgan fingerprint density at radius 2 is 2.05 bits per heavy atom. The Morgan fingerprint density at radius 3 is 2.71 bits per heavy atom. The minimum atomic E-state index is -0.468. The lowest BCUT2D eigenvalue weighted by atomic mass is 10.1. The maximum absolute atomic E-state index is 10.4. The Balaban J connectivity index is 1.93. The molecule has 0 aromatic heterocycles. The van der Waals surface area contributed by atoms with E-state index < -0.39 is 6.10 Å². The van der Waals surface area contributed by atoms with Crippen molar-refractivity contribution in [2.24, 2.45) is 0 Å². The maximum Gasteiger partial charge on any atom is 0.161 e. The van der Waals surface area contributed by atoms with Crippen molar-refractivity contribution in [1.29, 1.82) is 0 Å². The fraction of sp³-hybridized carbons (Fsp3) is 0.625. The van der Waals surface area contributed by atoms with Gasteiger partial charge in [0.05, 0.1) is 19.8 Å². The molecule has 1 aromatic rings. The van der Waals surface area contributed by atoms with Gasteiger partial charge in [0.15, 0.2) is 11.5 Å². The fourth-order valence-electron chi connectivity index (χ4n) is 2.57. The highest BCUT2D eigenvalue weighted by Gasteiger charge is 2.15. The standard InChI is InChI=1S/C16H26N2O3/c1-3-21-15-5-4-13(12-16(15)20-2)14(19)6-9-18-10-7-17-8-11-18/h4-5,12,14,17,19H,3,6-11H2,1-2H3. The van der Waals surface area contributed by atoms with Crippen molar-refractivity contribution in [1.82, 2.24) is 10.2 Å². The van der Waals surface area contributed by atoms with Crippen molar-refractivity contribution in [3.05, 3.63) is 23.8 Å². The summed E-state index contributed by atoms with van der Waals surface area (Å²) in [5.74, 6) is 1.40. The summed E-state index contributed by atoms with van der Waals surface area (Å²) < 4.78 is 10.8. The van der Waals surface area contributed by atoms with E-state index in [4.69, 9.17) is 9.47 Å². The Hall–Kier alpha value is -1.30. The van der Waals surface area contributed by atoms with Gasteiger partial charge in [0.1, 0.15) is 0 Å². The number of aliphatic hydroxyl groups is 1. The van der Waals surface area contributed by atoms with Crippen molar-refractivity contribution in [3.63, 3.8) is 0 Å². The summed E-state index contributed by atoms with van der Waals surface area (Å²) in [6.07, 6.45) is 0.265. The third kappa shape index (κ3) is 4.59. The summed E-state index contributed by atoms with van der Waals surface area (Å²) in [6, 6.07) is 5.65. The first-order chi connectivity index (χ1) is 10.2. The summed E-state index contributed by atoms with van der Waals surface area (Å²) >= 11 is 0. The second kappa shape index (κ2) is 8.22. The molecule has 0 bridgehead atoms. The van der Waals surface area contributed by atoms with Crippen LogP contribution in [0.5, 0.6) is 11.5 Å². The summed E-state index contributed by atoms with van der Waals surface area (Å²) in [6.45, 7) is 7.63. The number of aliphatic hydroxyl groups excluding tert-OH is 1. The van der Waals surface area contributed by atoms with E-state index in [-0.39, 0.29) is 0 Å². The van der Waals surface area contributed by atoms with Gasteiger partial charge in [-0.25, -0.2) is 0 Å². The third-order valence-corrected chi connectivity index (χ3v) is 3.80. The van der Waals surface area contributed by atoms with Crippen LogP contribution in [0.1, 0.15) is 25.0 Å². The minimum absolute atomic E-state index is 0.468. The molecular weight excluding hydrogens is 268 g/mol. The van der Waals surface area contributed by atoms with Crippen LogP contribution in [-0.4, -0.2) is 56.4 Å². The minimum Gasteiger partial charge on any atom is -0.493 e. The first-order valence-electron chi connectivity index (χ1n) is 7.66. The summed E-state index contributed by atoms with van der Waals surface area (Å²) in [4.78, 5) is 2.38. The van der Waals surface area contributed by atoms with E-state index in [9.17, 15) is 5.11 Å². The zero-order chi connectivity index (χ0) is 15.1. The van der Waals surface area contributed by atoms with Crippen molar-refractivity contribution in [2.75, 3.05) is 46.4 Å². The number of piperazine rings is 1. The molecule has 1 aliphatic rings. The van der Waals surface area contributed by atoms with Gasteiger partial charge in [0.2, 0.25) is 0 Å². The monoisotopic (exact) mass is 294 g/mol. The number of ether oxygens (including phenoxy) is 2. The molecule has 118 valence electrons. The number of rotatable bonds is 7. The third-order valence-electron chi connectivity index (χ3n) is 3.80. The van der Waals surface area contributed by atoms with Gasteiger partial charge in [0, 0.05) is 32.7 Å². The zero-order valence-electron chi connectivity index (χ0n) is 13.0. The van der Waals surface area contributed by atoms with Crippen molar-refractivity contribution in [2.45, 2.75) is 19.4 Å². The molecule has 0 spiro atoms. The molecule has 2 rings (SSSR count). The van der Waals surface area contributed by atoms with Crippen LogP contribution in [0.15, 0.2) is 18.2 Å². The number of methoxy groups -OCH3 is 1. The van der Waals surface area contributed by atoms with Crippen LogP contribution in [0.4, 0.5) is 0 Å². The van der Waals surface area contributed by atoms with Gasteiger partial charge in [0.25, 0.3) is 0 Å². The molecule has 1 heterocycles. The summed E-state index contributed by atoms with van der Waals surface area (Å²) in [5.41, 5.74) is 0.880. The maximum atomic E-state index is 10.4. The SMILES string of the molecule is CCOc1ccc(C(O)CCN2CCNCC2)cc1OC. The van der Waals surface area contributed by atoms with Gasteiger partial charge in [-0.05, 0) is 31.0 Å². The number of hydrogen-bond acceptors (Lipinski definition) is 5. The van der Waals surface area contributed by atoms with Gasteiger partial charge >= 0.3 is 0 Å². The molecule has 2 N–H and O–H groups in total. The molecule has 0 saturated carbocycles. The highest BCUT2D eigenvalue weighted by molar-refractivity contribution is 5.43. The van der Waals surface area contributed by atoms with E-state index >= 15 is 0 Å². The Bertz CT molecular complexity index is 434. The van der Waals surface area contributed by atoms with E-state index in [1.807, 2.05) is 25.1 Å². The number of nitrogens with zero attached hydrogens (tertiary/aromatic N) is 1. The van der Waals surface area contributed by atoms with E-state index in [0.717, 1.165) is 50.5 Å². The van der Waals surface area contributed by atoms with E-state index in [0.29, 0.717) is 12.4 Å². The van der Waals surface area contributed by atoms with Gasteiger partial charge in [-0.3, -0.25) is 0 Å². The Labute approximate surface area is 126 Å². The van der Waals surface area contributed by atoms with Crippen molar-refractivity contribution < 1.29 is 14.6 Å². The molecule has 0 radical (unpaired) electrons. The molecule has 0 aliphatic carbocycles. The summed E-state index contributed by atoms with van der Waals surface area (Å²) in [5, 5.41) is 13.7. The molecule has 1 atom stereocenters. The van der Waals surface area contributed by atoms with Crippen molar-refractivity contribution >= 4 is 0 Å². The highest BCUT2D eigenvalue weighted by Crippen LogP contribution is 2.31. The molecule has 5 heteroatoms. The van der Waals surface area contributed by atoms with Gasteiger partial charge in [-0.1, -0.05) is 6.07 Å². The molecule has 1 fully saturated rings. The molecule has 0 amide bonds. The Kier molecular flexibility index (Phi) is 6.29. The van der Waals surface area contributed by atoms with Gasteiger partial charge < -0.3 is 24.8 Å². The molecule has 1 saturated heterocycles. The average Bonchev–Trinajstić information content (AvgIpc) is 2.54. The van der Waals surface area contributed by atoms with Gasteiger partial charge in [-0.15, -0.1) is 0 Å². The smallest absolute Gasteiger partial charge is 0.161 e. The second-order valence-corrected chi connectivity index (χ2v) is 5.24. The lowest BCUT2D eigenvalue weighted by Crippen LogP contribution is -2.44. The first-order valence-corrected chi connectivity index (χ1v) is 7.66. The number of nitrogens with one attached hydrogen (secondary N) is 1.